The third kappa shape index (κ3) is 4.85. The van der Waals surface area contributed by atoms with Crippen molar-refractivity contribution in [3.8, 4) is 5.75 Å². The molecule has 3 rings (SSSR count). The number of fused-ring (bicyclic) bond motifs is 1. The molecular weight excluding hydrogens is 328 g/mol. The van der Waals surface area contributed by atoms with E-state index in [9.17, 15) is 4.79 Å². The summed E-state index contributed by atoms with van der Waals surface area (Å²) in [7, 11) is 0. The zero-order chi connectivity index (χ0) is 18.4. The fourth-order valence-corrected chi connectivity index (χ4v) is 2.71. The van der Waals surface area contributed by atoms with Crippen molar-refractivity contribution in [2.24, 2.45) is 0 Å². The van der Waals surface area contributed by atoms with Crippen molar-refractivity contribution in [3.05, 3.63) is 53.9 Å². The lowest BCUT2D eigenvalue weighted by Crippen LogP contribution is -2.11. The second-order valence-electron chi connectivity index (χ2n) is 6.31. The van der Waals surface area contributed by atoms with E-state index >= 15 is 0 Å². The molecule has 0 aliphatic rings. The molecule has 0 atom stereocenters. The minimum atomic E-state index is -0.000819. The van der Waals surface area contributed by atoms with Gasteiger partial charge in [-0.15, -0.1) is 0 Å². The highest BCUT2D eigenvalue weighted by Gasteiger charge is 2.07. The van der Waals surface area contributed by atoms with Crippen LogP contribution in [-0.4, -0.2) is 17.5 Å². The lowest BCUT2D eigenvalue weighted by Gasteiger charge is -2.07. The summed E-state index contributed by atoms with van der Waals surface area (Å²) in [4.78, 5) is 16.5. The number of aromatic nitrogens is 1. The number of carbonyl (C=O) groups is 1. The fourth-order valence-electron chi connectivity index (χ4n) is 2.71. The molecule has 0 saturated heterocycles. The molecular formula is C21H24N2O3. The van der Waals surface area contributed by atoms with Crippen LogP contribution in [0.5, 0.6) is 5.75 Å². The Morgan fingerprint density at radius 2 is 2.08 bits per heavy atom. The molecule has 0 aliphatic heterocycles. The number of aryl methyl sites for hydroxylation is 2. The van der Waals surface area contributed by atoms with Gasteiger partial charge in [-0.25, -0.2) is 4.98 Å². The van der Waals surface area contributed by atoms with Crippen molar-refractivity contribution in [1.82, 2.24) is 4.98 Å². The average Bonchev–Trinajstić information content (AvgIpc) is 3.04. The van der Waals surface area contributed by atoms with E-state index in [-0.39, 0.29) is 5.91 Å². The van der Waals surface area contributed by atoms with Crippen molar-refractivity contribution in [2.45, 2.75) is 39.5 Å². The Balaban J connectivity index is 1.41. The summed E-state index contributed by atoms with van der Waals surface area (Å²) in [5, 5.41) is 2.92. The number of carbonyl (C=O) groups excluding carboxylic acids is 1. The molecule has 136 valence electrons. The normalized spacial score (nSPS) is 10.8. The van der Waals surface area contributed by atoms with Crippen LogP contribution in [0.2, 0.25) is 0 Å². The van der Waals surface area contributed by atoms with Crippen molar-refractivity contribution in [2.75, 3.05) is 11.9 Å². The zero-order valence-corrected chi connectivity index (χ0v) is 15.2. The highest BCUT2D eigenvalue weighted by molar-refractivity contribution is 5.92. The first-order valence-corrected chi connectivity index (χ1v) is 9.03. The standard InChI is InChI=1S/C21H24N2O3/c1-3-21-23-18-14-16(10-11-19(18)26-21)22-20(24)9-4-5-12-25-17-8-6-7-15(2)13-17/h6-8,10-11,13-14H,3-5,9,12H2,1-2H3,(H,22,24). The summed E-state index contributed by atoms with van der Waals surface area (Å²) in [6, 6.07) is 13.5. The Morgan fingerprint density at radius 1 is 1.19 bits per heavy atom. The maximum atomic E-state index is 12.1. The van der Waals surface area contributed by atoms with Crippen LogP contribution < -0.4 is 10.1 Å². The Labute approximate surface area is 153 Å². The van der Waals surface area contributed by atoms with Crippen LogP contribution in [0.4, 0.5) is 5.69 Å². The largest absolute Gasteiger partial charge is 0.494 e. The van der Waals surface area contributed by atoms with Gasteiger partial charge in [-0.05, 0) is 55.7 Å². The van der Waals surface area contributed by atoms with E-state index in [1.165, 1.54) is 5.56 Å². The van der Waals surface area contributed by atoms with E-state index in [4.69, 9.17) is 9.15 Å². The summed E-state index contributed by atoms with van der Waals surface area (Å²) < 4.78 is 11.3. The maximum absolute atomic E-state index is 12.1. The predicted molar refractivity (Wildman–Crippen MR) is 103 cm³/mol. The zero-order valence-electron chi connectivity index (χ0n) is 15.2. The summed E-state index contributed by atoms with van der Waals surface area (Å²) in [5.74, 6) is 1.58. The predicted octanol–water partition coefficient (Wildman–Crippen LogP) is 4.89. The van der Waals surface area contributed by atoms with Gasteiger partial charge in [-0.3, -0.25) is 4.79 Å². The van der Waals surface area contributed by atoms with E-state index in [1.54, 1.807) is 0 Å². The Bertz CT molecular complexity index is 886. The number of amides is 1. The molecule has 3 aromatic rings. The van der Waals surface area contributed by atoms with Gasteiger partial charge < -0.3 is 14.5 Å². The Morgan fingerprint density at radius 3 is 2.88 bits per heavy atom. The topological polar surface area (TPSA) is 64.4 Å². The molecule has 1 N–H and O–H groups in total. The Kier molecular flexibility index (Phi) is 5.89. The molecule has 0 fully saturated rings. The highest BCUT2D eigenvalue weighted by Crippen LogP contribution is 2.20. The van der Waals surface area contributed by atoms with Gasteiger partial charge in [0.2, 0.25) is 5.91 Å². The number of ether oxygens (including phenoxy) is 1. The van der Waals surface area contributed by atoms with Crippen molar-refractivity contribution >= 4 is 22.7 Å². The fraction of sp³-hybridized carbons (Fsp3) is 0.333. The number of unbranched alkanes of at least 4 members (excludes halogenated alkanes) is 1. The molecule has 1 heterocycles. The maximum Gasteiger partial charge on any atom is 0.224 e. The molecule has 2 aromatic carbocycles. The lowest BCUT2D eigenvalue weighted by molar-refractivity contribution is -0.116. The monoisotopic (exact) mass is 352 g/mol. The second-order valence-corrected chi connectivity index (χ2v) is 6.31. The van der Waals surface area contributed by atoms with Crippen LogP contribution in [0, 0.1) is 6.92 Å². The first-order chi connectivity index (χ1) is 12.6. The summed E-state index contributed by atoms with van der Waals surface area (Å²) >= 11 is 0. The SMILES string of the molecule is CCc1nc2cc(NC(=O)CCCCOc3cccc(C)c3)ccc2o1. The number of anilines is 1. The molecule has 1 amide bonds. The number of nitrogens with zero attached hydrogens (tertiary/aromatic N) is 1. The van der Waals surface area contributed by atoms with E-state index in [0.717, 1.165) is 41.8 Å². The Hall–Kier alpha value is -2.82. The minimum absolute atomic E-state index is 0.000819. The number of oxazole rings is 1. The molecule has 5 heteroatoms. The van der Waals surface area contributed by atoms with E-state index in [0.29, 0.717) is 18.9 Å². The van der Waals surface area contributed by atoms with Gasteiger partial charge in [0, 0.05) is 18.5 Å². The van der Waals surface area contributed by atoms with Gasteiger partial charge in [0.1, 0.15) is 11.3 Å². The highest BCUT2D eigenvalue weighted by atomic mass is 16.5. The lowest BCUT2D eigenvalue weighted by atomic mass is 10.2. The third-order valence-corrected chi connectivity index (χ3v) is 4.07. The quantitative estimate of drug-likeness (QED) is 0.587. The van der Waals surface area contributed by atoms with Gasteiger partial charge in [-0.2, -0.15) is 0 Å². The van der Waals surface area contributed by atoms with Gasteiger partial charge in [0.05, 0.1) is 6.61 Å². The molecule has 1 aromatic heterocycles. The molecule has 0 radical (unpaired) electrons. The molecule has 0 spiro atoms. The van der Waals surface area contributed by atoms with Gasteiger partial charge in [-0.1, -0.05) is 19.1 Å². The molecule has 0 aliphatic carbocycles. The number of rotatable bonds is 8. The van der Waals surface area contributed by atoms with E-state index in [1.807, 2.05) is 56.3 Å². The van der Waals surface area contributed by atoms with Gasteiger partial charge in [0.25, 0.3) is 0 Å². The molecule has 0 bridgehead atoms. The second kappa shape index (κ2) is 8.52. The summed E-state index contributed by atoms with van der Waals surface area (Å²) in [6.07, 6.45) is 2.84. The smallest absolute Gasteiger partial charge is 0.224 e. The molecule has 0 unspecified atom stereocenters. The minimum Gasteiger partial charge on any atom is -0.494 e. The van der Waals surface area contributed by atoms with Crippen LogP contribution >= 0.6 is 0 Å². The van der Waals surface area contributed by atoms with Gasteiger partial charge in [0.15, 0.2) is 11.5 Å². The average molecular weight is 352 g/mol. The summed E-state index contributed by atoms with van der Waals surface area (Å²) in [6.45, 7) is 4.65. The number of hydrogen-bond donors (Lipinski definition) is 1. The van der Waals surface area contributed by atoms with E-state index in [2.05, 4.69) is 10.3 Å². The molecule has 0 saturated carbocycles. The van der Waals surface area contributed by atoms with Crippen LogP contribution in [0.1, 0.15) is 37.6 Å². The van der Waals surface area contributed by atoms with Crippen molar-refractivity contribution < 1.29 is 13.9 Å². The number of benzene rings is 2. The van der Waals surface area contributed by atoms with Crippen LogP contribution in [-0.2, 0) is 11.2 Å². The number of nitrogens with one attached hydrogen (secondary N) is 1. The number of hydrogen-bond acceptors (Lipinski definition) is 4. The molecule has 26 heavy (non-hydrogen) atoms. The van der Waals surface area contributed by atoms with Crippen molar-refractivity contribution in [3.63, 3.8) is 0 Å². The first kappa shape index (κ1) is 18.0. The molecule has 5 nitrogen and oxygen atoms in total. The van der Waals surface area contributed by atoms with Crippen LogP contribution in [0.3, 0.4) is 0 Å². The first-order valence-electron chi connectivity index (χ1n) is 9.03. The third-order valence-electron chi connectivity index (χ3n) is 4.07. The van der Waals surface area contributed by atoms with E-state index < -0.39 is 0 Å². The van der Waals surface area contributed by atoms with Crippen LogP contribution in [0.25, 0.3) is 11.1 Å². The summed E-state index contributed by atoms with van der Waals surface area (Å²) in [5.41, 5.74) is 3.44. The van der Waals surface area contributed by atoms with Gasteiger partial charge >= 0.3 is 0 Å². The van der Waals surface area contributed by atoms with Crippen LogP contribution in [0.15, 0.2) is 46.9 Å². The van der Waals surface area contributed by atoms with Crippen molar-refractivity contribution in [1.29, 1.82) is 0 Å².